The minimum Gasteiger partial charge on any atom is -0.326 e. The van der Waals surface area contributed by atoms with E-state index in [-0.39, 0.29) is 17.0 Å². The van der Waals surface area contributed by atoms with Gasteiger partial charge in [0, 0.05) is 24.6 Å². The van der Waals surface area contributed by atoms with Crippen LogP contribution in [0.25, 0.3) is 0 Å². The molecule has 6 nitrogen and oxygen atoms in total. The molecule has 2 aromatic rings. The Morgan fingerprint density at radius 1 is 1.29 bits per heavy atom. The molecule has 2 amide bonds. The topological polar surface area (TPSA) is 80.2 Å². The minimum absolute atomic E-state index is 0.0644. The molecule has 0 atom stereocenters. The maximum absolute atomic E-state index is 12.1. The second kappa shape index (κ2) is 4.90. The van der Waals surface area contributed by atoms with E-state index < -0.39 is 5.91 Å². The lowest BCUT2D eigenvalue weighted by molar-refractivity contribution is -0.115. The van der Waals surface area contributed by atoms with E-state index in [1.165, 1.54) is 10.6 Å². The molecular weight excluding hydrogens is 270 g/mol. The monoisotopic (exact) mass is 283 g/mol. The van der Waals surface area contributed by atoms with E-state index in [0.29, 0.717) is 12.1 Å². The summed E-state index contributed by atoms with van der Waals surface area (Å²) >= 11 is 0. The Bertz CT molecular complexity index is 808. The minimum atomic E-state index is -0.464. The molecule has 0 saturated heterocycles. The SMILES string of the molecule is Cn1cccc(C(=O)Nc2ccc3c(c2)CC(=O)N3)c1=O. The van der Waals surface area contributed by atoms with Crippen LogP contribution in [0.4, 0.5) is 11.4 Å². The van der Waals surface area contributed by atoms with Crippen LogP contribution in [0.2, 0.25) is 0 Å². The van der Waals surface area contributed by atoms with Crippen molar-refractivity contribution in [3.8, 4) is 0 Å². The summed E-state index contributed by atoms with van der Waals surface area (Å²) in [4.78, 5) is 35.3. The number of benzene rings is 1. The highest BCUT2D eigenvalue weighted by molar-refractivity contribution is 6.05. The second-order valence-corrected chi connectivity index (χ2v) is 4.89. The Hall–Kier alpha value is -2.89. The average Bonchev–Trinajstić information content (AvgIpc) is 2.81. The molecule has 3 rings (SSSR count). The third kappa shape index (κ3) is 2.43. The first kappa shape index (κ1) is 13.1. The van der Waals surface area contributed by atoms with Crippen molar-refractivity contribution >= 4 is 23.2 Å². The molecule has 1 aromatic carbocycles. The van der Waals surface area contributed by atoms with Crippen LogP contribution in [-0.2, 0) is 18.3 Å². The van der Waals surface area contributed by atoms with Gasteiger partial charge in [0.05, 0.1) is 6.42 Å². The van der Waals surface area contributed by atoms with Crippen molar-refractivity contribution in [2.24, 2.45) is 7.05 Å². The predicted octanol–water partition coefficient (Wildman–Crippen LogP) is 1.13. The molecule has 0 fully saturated rings. The van der Waals surface area contributed by atoms with Gasteiger partial charge >= 0.3 is 0 Å². The predicted molar refractivity (Wildman–Crippen MR) is 78.4 cm³/mol. The van der Waals surface area contributed by atoms with Crippen molar-refractivity contribution in [3.63, 3.8) is 0 Å². The largest absolute Gasteiger partial charge is 0.326 e. The highest BCUT2D eigenvalue weighted by atomic mass is 16.2. The van der Waals surface area contributed by atoms with E-state index in [4.69, 9.17) is 0 Å². The van der Waals surface area contributed by atoms with Crippen LogP contribution in [0.1, 0.15) is 15.9 Å². The van der Waals surface area contributed by atoms with Crippen LogP contribution in [0.15, 0.2) is 41.3 Å². The van der Waals surface area contributed by atoms with Gasteiger partial charge in [-0.1, -0.05) is 0 Å². The van der Waals surface area contributed by atoms with E-state index in [1.54, 1.807) is 37.5 Å². The fourth-order valence-corrected chi connectivity index (χ4v) is 2.28. The molecule has 0 aliphatic carbocycles. The number of hydrogen-bond acceptors (Lipinski definition) is 3. The number of aryl methyl sites for hydroxylation is 1. The number of anilines is 2. The molecule has 0 spiro atoms. The summed E-state index contributed by atoms with van der Waals surface area (Å²) in [6, 6.07) is 8.28. The number of nitrogens with zero attached hydrogens (tertiary/aromatic N) is 1. The number of amides is 2. The van der Waals surface area contributed by atoms with Gasteiger partial charge in [0.2, 0.25) is 5.91 Å². The summed E-state index contributed by atoms with van der Waals surface area (Å²) in [6.45, 7) is 0. The lowest BCUT2D eigenvalue weighted by Crippen LogP contribution is -2.27. The fraction of sp³-hybridized carbons (Fsp3) is 0.133. The summed E-state index contributed by atoms with van der Waals surface area (Å²) in [5, 5.41) is 5.40. The number of carbonyl (C=O) groups excluding carboxylic acids is 2. The van der Waals surface area contributed by atoms with Crippen LogP contribution in [0.3, 0.4) is 0 Å². The summed E-state index contributed by atoms with van der Waals surface area (Å²) in [7, 11) is 1.59. The summed E-state index contributed by atoms with van der Waals surface area (Å²) in [6.07, 6.45) is 1.89. The maximum atomic E-state index is 12.1. The Morgan fingerprint density at radius 3 is 2.90 bits per heavy atom. The number of aromatic nitrogens is 1. The zero-order valence-corrected chi connectivity index (χ0v) is 11.3. The van der Waals surface area contributed by atoms with Gasteiger partial charge in [-0.2, -0.15) is 0 Å². The molecule has 0 radical (unpaired) electrons. The Labute approximate surface area is 120 Å². The van der Waals surface area contributed by atoms with E-state index >= 15 is 0 Å². The third-order valence-electron chi connectivity index (χ3n) is 3.36. The van der Waals surface area contributed by atoms with Crippen molar-refractivity contribution < 1.29 is 9.59 Å². The van der Waals surface area contributed by atoms with Gasteiger partial charge in [-0.25, -0.2) is 0 Å². The van der Waals surface area contributed by atoms with Crippen LogP contribution in [0.5, 0.6) is 0 Å². The van der Waals surface area contributed by atoms with Crippen molar-refractivity contribution in [3.05, 3.63) is 58.0 Å². The lowest BCUT2D eigenvalue weighted by Gasteiger charge is -2.07. The van der Waals surface area contributed by atoms with Gasteiger partial charge < -0.3 is 15.2 Å². The maximum Gasteiger partial charge on any atom is 0.263 e. The normalized spacial score (nSPS) is 12.7. The zero-order chi connectivity index (χ0) is 15.0. The summed E-state index contributed by atoms with van der Waals surface area (Å²) in [5.74, 6) is -0.529. The lowest BCUT2D eigenvalue weighted by atomic mass is 10.1. The first-order valence-electron chi connectivity index (χ1n) is 6.44. The number of hydrogen-bond donors (Lipinski definition) is 2. The van der Waals surface area contributed by atoms with Gasteiger partial charge in [0.25, 0.3) is 11.5 Å². The van der Waals surface area contributed by atoms with Crippen LogP contribution in [0, 0.1) is 0 Å². The molecule has 0 bridgehead atoms. The number of nitrogens with one attached hydrogen (secondary N) is 2. The molecule has 106 valence electrons. The highest BCUT2D eigenvalue weighted by Gasteiger charge is 2.18. The number of carbonyl (C=O) groups is 2. The molecule has 2 N–H and O–H groups in total. The molecule has 2 heterocycles. The molecule has 1 aliphatic heterocycles. The third-order valence-corrected chi connectivity index (χ3v) is 3.36. The van der Waals surface area contributed by atoms with Crippen LogP contribution in [-0.4, -0.2) is 16.4 Å². The Kier molecular flexibility index (Phi) is 3.06. The van der Waals surface area contributed by atoms with Crippen LogP contribution < -0.4 is 16.2 Å². The number of fused-ring (bicyclic) bond motifs is 1. The van der Waals surface area contributed by atoms with Crippen LogP contribution >= 0.6 is 0 Å². The van der Waals surface area contributed by atoms with Crippen molar-refractivity contribution in [2.75, 3.05) is 10.6 Å². The van der Waals surface area contributed by atoms with Gasteiger partial charge in [-0.3, -0.25) is 14.4 Å². The van der Waals surface area contributed by atoms with Gasteiger partial charge in [0.15, 0.2) is 0 Å². The molecule has 6 heteroatoms. The standard InChI is InChI=1S/C15H13N3O3/c1-18-6-2-3-11(15(18)21)14(20)16-10-4-5-12-9(7-10)8-13(19)17-12/h2-7H,8H2,1H3,(H,16,20)(H,17,19). The smallest absolute Gasteiger partial charge is 0.263 e. The highest BCUT2D eigenvalue weighted by Crippen LogP contribution is 2.26. The summed E-state index contributed by atoms with van der Waals surface area (Å²) in [5.41, 5.74) is 1.87. The molecule has 0 unspecified atom stereocenters. The van der Waals surface area contributed by atoms with E-state index in [0.717, 1.165) is 11.3 Å². The Balaban J connectivity index is 1.86. The molecule has 21 heavy (non-hydrogen) atoms. The van der Waals surface area contributed by atoms with E-state index in [1.807, 2.05) is 0 Å². The first-order chi connectivity index (χ1) is 10.0. The van der Waals surface area contributed by atoms with E-state index in [2.05, 4.69) is 10.6 Å². The second-order valence-electron chi connectivity index (χ2n) is 4.89. The quantitative estimate of drug-likeness (QED) is 0.867. The van der Waals surface area contributed by atoms with E-state index in [9.17, 15) is 14.4 Å². The molecular formula is C15H13N3O3. The van der Waals surface area contributed by atoms with Gasteiger partial charge in [-0.05, 0) is 35.9 Å². The fourth-order valence-electron chi connectivity index (χ4n) is 2.28. The average molecular weight is 283 g/mol. The van der Waals surface area contributed by atoms with Crippen molar-refractivity contribution in [1.29, 1.82) is 0 Å². The number of rotatable bonds is 2. The van der Waals surface area contributed by atoms with Gasteiger partial charge in [-0.15, -0.1) is 0 Å². The molecule has 0 saturated carbocycles. The van der Waals surface area contributed by atoms with Crippen molar-refractivity contribution in [1.82, 2.24) is 4.57 Å². The Morgan fingerprint density at radius 2 is 2.10 bits per heavy atom. The first-order valence-corrected chi connectivity index (χ1v) is 6.44. The molecule has 1 aromatic heterocycles. The van der Waals surface area contributed by atoms with Gasteiger partial charge in [0.1, 0.15) is 5.56 Å². The molecule has 1 aliphatic rings. The zero-order valence-electron chi connectivity index (χ0n) is 11.3. The summed E-state index contributed by atoms with van der Waals surface area (Å²) < 4.78 is 1.35. The van der Waals surface area contributed by atoms with Crippen molar-refractivity contribution in [2.45, 2.75) is 6.42 Å². The number of pyridine rings is 1.